The van der Waals surface area contributed by atoms with Crippen LogP contribution in [0.1, 0.15) is 34.1 Å². The van der Waals surface area contributed by atoms with Crippen molar-refractivity contribution in [2.75, 3.05) is 32.8 Å². The number of fused-ring (bicyclic) bond motifs is 1. The summed E-state index contributed by atoms with van der Waals surface area (Å²) in [6.45, 7) is 10.1. The summed E-state index contributed by atoms with van der Waals surface area (Å²) in [6.07, 6.45) is 0.446. The van der Waals surface area contributed by atoms with Crippen LogP contribution in [0, 0.1) is 11.3 Å². The predicted octanol–water partition coefficient (Wildman–Crippen LogP) is 1.40. The third-order valence-electron chi connectivity index (χ3n) is 4.17. The topological polar surface area (TPSA) is 67.9 Å². The molecule has 6 heteroatoms. The molecule has 0 saturated carbocycles. The maximum absolute atomic E-state index is 12.4. The number of hydrogen-bond donors (Lipinski definition) is 1. The Morgan fingerprint density at radius 3 is 2.71 bits per heavy atom. The number of ether oxygens (including phenoxy) is 2. The van der Waals surface area contributed by atoms with Gasteiger partial charge in [-0.2, -0.15) is 0 Å². The summed E-state index contributed by atoms with van der Waals surface area (Å²) in [5.41, 5.74) is -1.15. The van der Waals surface area contributed by atoms with Crippen LogP contribution in [0.25, 0.3) is 0 Å². The van der Waals surface area contributed by atoms with E-state index in [2.05, 4.69) is 5.32 Å². The SMILES string of the molecule is CCOC(=O)[C@]12CNC[C@H]1CCN(C(=O)OC(C)(C)C)C2. The molecule has 2 fully saturated rings. The fraction of sp³-hybridized carbons (Fsp3) is 0.867. The highest BCUT2D eigenvalue weighted by atomic mass is 16.6. The Morgan fingerprint density at radius 2 is 2.10 bits per heavy atom. The van der Waals surface area contributed by atoms with E-state index in [0.29, 0.717) is 26.2 Å². The first-order chi connectivity index (χ1) is 9.78. The Hall–Kier alpha value is -1.30. The molecule has 2 aliphatic rings. The second kappa shape index (κ2) is 5.83. The minimum atomic E-state index is -0.620. The van der Waals surface area contributed by atoms with E-state index in [1.165, 1.54) is 0 Å². The molecule has 1 N–H and O–H groups in total. The van der Waals surface area contributed by atoms with Gasteiger partial charge in [-0.3, -0.25) is 4.79 Å². The first-order valence-corrected chi connectivity index (χ1v) is 7.64. The number of amides is 1. The van der Waals surface area contributed by atoms with E-state index in [-0.39, 0.29) is 18.0 Å². The Balaban J connectivity index is 2.12. The minimum Gasteiger partial charge on any atom is -0.465 e. The summed E-state index contributed by atoms with van der Waals surface area (Å²) >= 11 is 0. The number of likely N-dealkylation sites (tertiary alicyclic amines) is 1. The van der Waals surface area contributed by atoms with Crippen LogP contribution < -0.4 is 5.32 Å². The summed E-state index contributed by atoms with van der Waals surface area (Å²) < 4.78 is 10.7. The predicted molar refractivity (Wildman–Crippen MR) is 77.8 cm³/mol. The maximum atomic E-state index is 12.4. The fourth-order valence-corrected chi connectivity index (χ4v) is 3.16. The lowest BCUT2D eigenvalue weighted by molar-refractivity contribution is -0.160. The molecule has 1 amide bonds. The molecule has 0 spiro atoms. The van der Waals surface area contributed by atoms with Crippen molar-refractivity contribution in [2.24, 2.45) is 11.3 Å². The van der Waals surface area contributed by atoms with Crippen molar-refractivity contribution in [3.63, 3.8) is 0 Å². The summed E-state index contributed by atoms with van der Waals surface area (Å²) in [6, 6.07) is 0. The smallest absolute Gasteiger partial charge is 0.410 e. The standard InChI is InChI=1S/C15H26N2O4/c1-5-20-12(18)15-9-16-8-11(15)6-7-17(10-15)13(19)21-14(2,3)4/h11,16H,5-10H2,1-4H3/t11-,15+/m1/s1. The summed E-state index contributed by atoms with van der Waals surface area (Å²) in [5, 5.41) is 3.27. The molecule has 21 heavy (non-hydrogen) atoms. The van der Waals surface area contributed by atoms with Crippen LogP contribution in [0.2, 0.25) is 0 Å². The van der Waals surface area contributed by atoms with E-state index in [4.69, 9.17) is 9.47 Å². The molecule has 0 aromatic heterocycles. The van der Waals surface area contributed by atoms with Crippen LogP contribution in [-0.2, 0) is 14.3 Å². The zero-order valence-electron chi connectivity index (χ0n) is 13.4. The Labute approximate surface area is 126 Å². The van der Waals surface area contributed by atoms with Gasteiger partial charge in [0.05, 0.1) is 6.61 Å². The lowest BCUT2D eigenvalue weighted by Gasteiger charge is -2.42. The van der Waals surface area contributed by atoms with Gasteiger partial charge in [0.2, 0.25) is 0 Å². The number of nitrogens with zero attached hydrogens (tertiary/aromatic N) is 1. The van der Waals surface area contributed by atoms with Gasteiger partial charge in [-0.25, -0.2) is 4.79 Å². The average Bonchev–Trinajstić information content (AvgIpc) is 2.80. The maximum Gasteiger partial charge on any atom is 0.410 e. The van der Waals surface area contributed by atoms with Crippen molar-refractivity contribution in [3.05, 3.63) is 0 Å². The Morgan fingerprint density at radius 1 is 1.38 bits per heavy atom. The highest BCUT2D eigenvalue weighted by Gasteiger charge is 2.54. The first kappa shape index (κ1) is 16.1. The molecular formula is C15H26N2O4. The van der Waals surface area contributed by atoms with Gasteiger partial charge < -0.3 is 19.7 Å². The van der Waals surface area contributed by atoms with Gasteiger partial charge in [-0.05, 0) is 46.6 Å². The molecule has 0 aliphatic carbocycles. The fourth-order valence-electron chi connectivity index (χ4n) is 3.16. The van der Waals surface area contributed by atoms with Gasteiger partial charge in [-0.1, -0.05) is 0 Å². The van der Waals surface area contributed by atoms with Crippen molar-refractivity contribution in [1.82, 2.24) is 10.2 Å². The van der Waals surface area contributed by atoms with Crippen molar-refractivity contribution in [2.45, 2.75) is 39.7 Å². The summed E-state index contributed by atoms with van der Waals surface area (Å²) in [7, 11) is 0. The molecule has 2 heterocycles. The monoisotopic (exact) mass is 298 g/mol. The van der Waals surface area contributed by atoms with E-state index in [1.807, 2.05) is 20.8 Å². The van der Waals surface area contributed by atoms with Crippen LogP contribution in [0.5, 0.6) is 0 Å². The molecule has 2 rings (SSSR count). The van der Waals surface area contributed by atoms with E-state index in [9.17, 15) is 9.59 Å². The van der Waals surface area contributed by atoms with E-state index >= 15 is 0 Å². The highest BCUT2D eigenvalue weighted by molar-refractivity contribution is 5.80. The number of rotatable bonds is 2. The van der Waals surface area contributed by atoms with Crippen LogP contribution in [0.15, 0.2) is 0 Å². The molecule has 0 aromatic carbocycles. The molecular weight excluding hydrogens is 272 g/mol. The largest absolute Gasteiger partial charge is 0.465 e. The lowest BCUT2D eigenvalue weighted by atomic mass is 9.73. The zero-order chi connectivity index (χ0) is 15.7. The molecule has 0 aromatic rings. The number of carbonyl (C=O) groups excluding carboxylic acids is 2. The van der Waals surface area contributed by atoms with Gasteiger partial charge >= 0.3 is 12.1 Å². The molecule has 0 radical (unpaired) electrons. The van der Waals surface area contributed by atoms with E-state index in [1.54, 1.807) is 11.8 Å². The zero-order valence-corrected chi connectivity index (χ0v) is 13.4. The Bertz CT molecular complexity index is 418. The van der Waals surface area contributed by atoms with E-state index in [0.717, 1.165) is 13.0 Å². The molecule has 0 bridgehead atoms. The average molecular weight is 298 g/mol. The second-order valence-electron chi connectivity index (χ2n) is 6.90. The van der Waals surface area contributed by atoms with Crippen molar-refractivity contribution in [3.8, 4) is 0 Å². The molecule has 2 saturated heterocycles. The summed E-state index contributed by atoms with van der Waals surface area (Å²) in [4.78, 5) is 26.3. The minimum absolute atomic E-state index is 0.201. The molecule has 120 valence electrons. The molecule has 0 unspecified atom stereocenters. The molecule has 2 atom stereocenters. The number of carbonyl (C=O) groups is 2. The quantitative estimate of drug-likeness (QED) is 0.780. The van der Waals surface area contributed by atoms with Gasteiger partial charge in [0, 0.05) is 19.6 Å². The number of hydrogen-bond acceptors (Lipinski definition) is 5. The Kier molecular flexibility index (Phi) is 4.46. The third kappa shape index (κ3) is 3.31. The molecule has 2 aliphatic heterocycles. The number of esters is 1. The summed E-state index contributed by atoms with van der Waals surface area (Å²) in [5.74, 6) is 0.0310. The third-order valence-corrected chi connectivity index (χ3v) is 4.17. The van der Waals surface area contributed by atoms with Gasteiger partial charge in [0.25, 0.3) is 0 Å². The second-order valence-corrected chi connectivity index (χ2v) is 6.90. The van der Waals surface area contributed by atoms with Crippen LogP contribution in [0.4, 0.5) is 4.79 Å². The van der Waals surface area contributed by atoms with E-state index < -0.39 is 11.0 Å². The van der Waals surface area contributed by atoms with Crippen molar-refractivity contribution < 1.29 is 19.1 Å². The lowest BCUT2D eigenvalue weighted by Crippen LogP contribution is -2.55. The van der Waals surface area contributed by atoms with Gasteiger partial charge in [0.1, 0.15) is 11.0 Å². The van der Waals surface area contributed by atoms with Crippen molar-refractivity contribution >= 4 is 12.1 Å². The normalized spacial score (nSPS) is 29.0. The number of piperidine rings is 1. The number of nitrogens with one attached hydrogen (secondary N) is 1. The van der Waals surface area contributed by atoms with Crippen LogP contribution >= 0.6 is 0 Å². The van der Waals surface area contributed by atoms with Crippen molar-refractivity contribution in [1.29, 1.82) is 0 Å². The highest BCUT2D eigenvalue weighted by Crippen LogP contribution is 2.40. The van der Waals surface area contributed by atoms with Crippen LogP contribution in [-0.4, -0.2) is 55.3 Å². The molecule has 6 nitrogen and oxygen atoms in total. The first-order valence-electron chi connectivity index (χ1n) is 7.64. The van der Waals surface area contributed by atoms with Crippen LogP contribution in [0.3, 0.4) is 0 Å². The van der Waals surface area contributed by atoms with Gasteiger partial charge in [-0.15, -0.1) is 0 Å². The van der Waals surface area contributed by atoms with Gasteiger partial charge in [0.15, 0.2) is 0 Å².